The van der Waals surface area contributed by atoms with E-state index in [1.807, 2.05) is 59.5 Å². The van der Waals surface area contributed by atoms with Gasteiger partial charge in [0.1, 0.15) is 0 Å². The number of piperidine rings is 1. The Morgan fingerprint density at radius 3 is 2.63 bits per heavy atom. The molecule has 1 saturated heterocycles. The van der Waals surface area contributed by atoms with Crippen LogP contribution in [0, 0.1) is 0 Å². The number of carbonyl (C=O) groups is 1. The molecule has 156 valence electrons. The summed E-state index contributed by atoms with van der Waals surface area (Å²) in [5.74, 6) is 0.0277. The maximum absolute atomic E-state index is 12.4. The predicted octanol–water partition coefficient (Wildman–Crippen LogP) is 4.82. The lowest BCUT2D eigenvalue weighted by molar-refractivity contribution is -0.116. The quantitative estimate of drug-likeness (QED) is 0.616. The summed E-state index contributed by atoms with van der Waals surface area (Å²) < 4.78 is 1.84. The molecule has 1 unspecified atom stereocenters. The highest BCUT2D eigenvalue weighted by Gasteiger charge is 2.18. The Hall–Kier alpha value is -2.92. The Morgan fingerprint density at radius 1 is 1.07 bits per heavy atom. The third-order valence-corrected chi connectivity index (χ3v) is 5.86. The van der Waals surface area contributed by atoms with E-state index in [1.165, 1.54) is 31.4 Å². The van der Waals surface area contributed by atoms with Crippen LogP contribution >= 0.6 is 0 Å². The van der Waals surface area contributed by atoms with Gasteiger partial charge in [0.05, 0.1) is 11.9 Å². The van der Waals surface area contributed by atoms with Gasteiger partial charge in [-0.2, -0.15) is 5.10 Å². The zero-order valence-electron chi connectivity index (χ0n) is 17.6. The molecule has 0 bridgehead atoms. The summed E-state index contributed by atoms with van der Waals surface area (Å²) in [5, 5.41) is 7.40. The maximum Gasteiger partial charge on any atom is 0.224 e. The minimum absolute atomic E-state index is 0.0277. The fraction of sp³-hybridized carbons (Fsp3) is 0.360. The highest BCUT2D eigenvalue weighted by Crippen LogP contribution is 2.20. The number of aryl methyl sites for hydroxylation is 1. The molecule has 1 fully saturated rings. The Labute approximate surface area is 178 Å². The molecule has 5 heteroatoms. The first-order chi connectivity index (χ1) is 14.7. The van der Waals surface area contributed by atoms with Crippen molar-refractivity contribution in [2.24, 2.45) is 0 Å². The minimum Gasteiger partial charge on any atom is -0.326 e. The molecule has 2 heterocycles. The number of hydrogen-bond donors (Lipinski definition) is 1. The lowest BCUT2D eigenvalue weighted by Gasteiger charge is -2.33. The van der Waals surface area contributed by atoms with Gasteiger partial charge in [0.15, 0.2) is 0 Å². The smallest absolute Gasteiger partial charge is 0.224 e. The minimum atomic E-state index is 0.0277. The number of hydrogen-bond acceptors (Lipinski definition) is 3. The second kappa shape index (κ2) is 9.72. The number of para-hydroxylation sites is 1. The van der Waals surface area contributed by atoms with Crippen molar-refractivity contribution in [3.05, 3.63) is 78.1 Å². The Balaban J connectivity index is 1.25. The normalized spacial score (nSPS) is 17.0. The number of nitrogens with one attached hydrogen (secondary N) is 1. The summed E-state index contributed by atoms with van der Waals surface area (Å²) in [5.41, 5.74) is 4.23. The van der Waals surface area contributed by atoms with Crippen molar-refractivity contribution in [3.63, 3.8) is 0 Å². The molecule has 5 nitrogen and oxygen atoms in total. The fourth-order valence-electron chi connectivity index (χ4n) is 4.01. The molecule has 0 saturated carbocycles. The molecule has 1 atom stereocenters. The van der Waals surface area contributed by atoms with Gasteiger partial charge in [0.25, 0.3) is 0 Å². The molecule has 1 N–H and O–H groups in total. The van der Waals surface area contributed by atoms with E-state index in [0.29, 0.717) is 18.9 Å². The third kappa shape index (κ3) is 5.36. The number of benzene rings is 2. The van der Waals surface area contributed by atoms with E-state index < -0.39 is 0 Å². The summed E-state index contributed by atoms with van der Waals surface area (Å²) >= 11 is 0. The Kier molecular flexibility index (Phi) is 6.60. The van der Waals surface area contributed by atoms with Gasteiger partial charge < -0.3 is 5.32 Å². The van der Waals surface area contributed by atoms with Gasteiger partial charge in [-0.05, 0) is 68.1 Å². The van der Waals surface area contributed by atoms with Crippen molar-refractivity contribution in [1.29, 1.82) is 0 Å². The molecule has 1 amide bonds. The number of likely N-dealkylation sites (tertiary alicyclic amines) is 1. The van der Waals surface area contributed by atoms with Crippen LogP contribution in [0.1, 0.15) is 43.7 Å². The van der Waals surface area contributed by atoms with Crippen molar-refractivity contribution in [3.8, 4) is 5.69 Å². The van der Waals surface area contributed by atoms with Crippen LogP contribution in [0.3, 0.4) is 0 Å². The van der Waals surface area contributed by atoms with Crippen molar-refractivity contribution in [2.45, 2.75) is 51.6 Å². The second-order valence-corrected chi connectivity index (χ2v) is 8.19. The lowest BCUT2D eigenvalue weighted by atomic mass is 10.0. The third-order valence-electron chi connectivity index (χ3n) is 5.86. The highest BCUT2D eigenvalue weighted by atomic mass is 16.1. The van der Waals surface area contributed by atoms with E-state index in [9.17, 15) is 4.79 Å². The molecular weight excluding hydrogens is 372 g/mol. The lowest BCUT2D eigenvalue weighted by Crippen LogP contribution is -2.36. The number of anilines is 1. The van der Waals surface area contributed by atoms with Gasteiger partial charge in [-0.15, -0.1) is 0 Å². The number of carbonyl (C=O) groups excluding carboxylic acids is 1. The van der Waals surface area contributed by atoms with E-state index in [1.54, 1.807) is 0 Å². The first-order valence-corrected chi connectivity index (χ1v) is 10.9. The summed E-state index contributed by atoms with van der Waals surface area (Å²) in [6, 6.07) is 18.9. The molecule has 3 aromatic rings. The van der Waals surface area contributed by atoms with E-state index in [0.717, 1.165) is 23.5 Å². The zero-order chi connectivity index (χ0) is 20.8. The molecule has 1 aromatic heterocycles. The van der Waals surface area contributed by atoms with Crippen LogP contribution in [-0.2, 0) is 17.8 Å². The van der Waals surface area contributed by atoms with Crippen LogP contribution in [0.15, 0.2) is 67.0 Å². The van der Waals surface area contributed by atoms with Crippen LogP contribution in [0.4, 0.5) is 5.69 Å². The highest BCUT2D eigenvalue weighted by molar-refractivity contribution is 5.90. The topological polar surface area (TPSA) is 50.2 Å². The predicted molar refractivity (Wildman–Crippen MR) is 121 cm³/mol. The van der Waals surface area contributed by atoms with E-state index in [-0.39, 0.29) is 5.91 Å². The average Bonchev–Trinajstić information content (AvgIpc) is 3.25. The van der Waals surface area contributed by atoms with Crippen molar-refractivity contribution < 1.29 is 4.79 Å². The standard InChI is InChI=1S/C25H30N4O/c1-20-7-5-6-16-28(20)18-21-10-13-23(14-11-21)27-25(30)15-12-22-17-26-29(19-22)24-8-3-2-4-9-24/h2-4,8-11,13-14,17,19-20H,5-7,12,15-16,18H2,1H3,(H,27,30). The SMILES string of the molecule is CC1CCCCN1Cc1ccc(NC(=O)CCc2cnn(-c3ccccc3)c2)cc1. The first-order valence-electron chi connectivity index (χ1n) is 10.9. The maximum atomic E-state index is 12.4. The van der Waals surface area contributed by atoms with Crippen LogP contribution < -0.4 is 5.32 Å². The van der Waals surface area contributed by atoms with Crippen molar-refractivity contribution in [1.82, 2.24) is 14.7 Å². The molecule has 30 heavy (non-hydrogen) atoms. The van der Waals surface area contributed by atoms with Crippen LogP contribution in [0.25, 0.3) is 5.69 Å². The van der Waals surface area contributed by atoms with E-state index in [4.69, 9.17) is 0 Å². The monoisotopic (exact) mass is 402 g/mol. The summed E-state index contributed by atoms with van der Waals surface area (Å²) in [4.78, 5) is 14.9. The van der Waals surface area contributed by atoms with Crippen molar-refractivity contribution in [2.75, 3.05) is 11.9 Å². The van der Waals surface area contributed by atoms with E-state index in [2.05, 4.69) is 34.4 Å². The number of amides is 1. The van der Waals surface area contributed by atoms with E-state index >= 15 is 0 Å². The van der Waals surface area contributed by atoms with Crippen LogP contribution in [0.5, 0.6) is 0 Å². The second-order valence-electron chi connectivity index (χ2n) is 8.19. The molecule has 2 aromatic carbocycles. The zero-order valence-corrected chi connectivity index (χ0v) is 17.6. The Bertz CT molecular complexity index is 949. The molecule has 0 spiro atoms. The van der Waals surface area contributed by atoms with Gasteiger partial charge in [0, 0.05) is 30.9 Å². The van der Waals surface area contributed by atoms with Crippen LogP contribution in [0.2, 0.25) is 0 Å². The number of nitrogens with zero attached hydrogens (tertiary/aromatic N) is 3. The average molecular weight is 403 g/mol. The molecule has 0 aliphatic carbocycles. The molecular formula is C25H30N4O. The first kappa shape index (κ1) is 20.4. The van der Waals surface area contributed by atoms with Gasteiger partial charge >= 0.3 is 0 Å². The largest absolute Gasteiger partial charge is 0.326 e. The van der Waals surface area contributed by atoms with Gasteiger partial charge in [-0.25, -0.2) is 4.68 Å². The fourth-order valence-corrected chi connectivity index (χ4v) is 4.01. The van der Waals surface area contributed by atoms with Crippen molar-refractivity contribution >= 4 is 11.6 Å². The molecule has 0 radical (unpaired) electrons. The Morgan fingerprint density at radius 2 is 1.87 bits per heavy atom. The molecule has 1 aliphatic heterocycles. The summed E-state index contributed by atoms with van der Waals surface area (Å²) in [6.45, 7) is 4.48. The van der Waals surface area contributed by atoms with Gasteiger partial charge in [-0.3, -0.25) is 9.69 Å². The number of rotatable bonds is 7. The van der Waals surface area contributed by atoms with Crippen LogP contribution in [-0.4, -0.2) is 33.2 Å². The summed E-state index contributed by atoms with van der Waals surface area (Å²) in [7, 11) is 0. The molecule has 1 aliphatic rings. The van der Waals surface area contributed by atoms with Gasteiger partial charge in [0.2, 0.25) is 5.91 Å². The van der Waals surface area contributed by atoms with Gasteiger partial charge in [-0.1, -0.05) is 36.8 Å². The number of aromatic nitrogens is 2. The molecule has 4 rings (SSSR count). The summed E-state index contributed by atoms with van der Waals surface area (Å²) in [6.07, 6.45) is 8.85.